The van der Waals surface area contributed by atoms with Gasteiger partial charge in [0.05, 0.1) is 53.1 Å². The van der Waals surface area contributed by atoms with Crippen LogP contribution in [0.25, 0.3) is 0 Å². The Kier molecular flexibility index (Phi) is 23.1. The van der Waals surface area contributed by atoms with E-state index < -0.39 is 98.3 Å². The van der Waals surface area contributed by atoms with Gasteiger partial charge in [0, 0.05) is 71.2 Å². The number of carbonyl (C=O) groups excluding carboxylic acids is 4. The maximum atomic E-state index is 14.0. The lowest BCUT2D eigenvalue weighted by atomic mass is 9.79. The van der Waals surface area contributed by atoms with E-state index in [0.29, 0.717) is 22.6 Å². The van der Waals surface area contributed by atoms with E-state index >= 15 is 0 Å². The van der Waals surface area contributed by atoms with E-state index in [1.807, 2.05) is 111 Å². The molecule has 2 N–H and O–H groups in total. The molecule has 2 aliphatic heterocycles. The zero-order chi connectivity index (χ0) is 59.0. The average Bonchev–Trinajstić information content (AvgIpc) is 3.59. The van der Waals surface area contributed by atoms with Crippen molar-refractivity contribution in [3.63, 3.8) is 0 Å². The van der Waals surface area contributed by atoms with E-state index in [1.54, 1.807) is 21.1 Å². The zero-order valence-corrected chi connectivity index (χ0v) is 48.6. The van der Waals surface area contributed by atoms with Gasteiger partial charge in [-0.1, -0.05) is 54.6 Å². The van der Waals surface area contributed by atoms with Crippen molar-refractivity contribution in [3.8, 4) is 17.6 Å². The maximum Gasteiger partial charge on any atom is 0.330 e. The summed E-state index contributed by atoms with van der Waals surface area (Å²) < 4.78 is 72.3. The molecule has 1 unspecified atom stereocenters. The van der Waals surface area contributed by atoms with Gasteiger partial charge in [-0.25, -0.2) is 9.46 Å². The van der Waals surface area contributed by atoms with Gasteiger partial charge in [-0.3, -0.25) is 38.4 Å². The van der Waals surface area contributed by atoms with E-state index in [0.717, 1.165) is 19.4 Å². The summed E-state index contributed by atoms with van der Waals surface area (Å²) in [4.78, 5) is 81.4. The van der Waals surface area contributed by atoms with Gasteiger partial charge in [0.15, 0.2) is 24.7 Å². The summed E-state index contributed by atoms with van der Waals surface area (Å²) >= 11 is 0. The van der Waals surface area contributed by atoms with Gasteiger partial charge in [-0.05, 0) is 75.6 Å². The zero-order valence-electron chi connectivity index (χ0n) is 47.7. The van der Waals surface area contributed by atoms with Crippen LogP contribution in [0, 0.1) is 18.3 Å². The van der Waals surface area contributed by atoms with E-state index in [-0.39, 0.29) is 70.1 Å². The third kappa shape index (κ3) is 16.6. The first-order chi connectivity index (χ1) is 38.6. The van der Waals surface area contributed by atoms with Gasteiger partial charge in [-0.15, -0.1) is 0 Å². The van der Waals surface area contributed by atoms with Crippen LogP contribution in [0.5, 0.6) is 11.5 Å². The van der Waals surface area contributed by atoms with Crippen molar-refractivity contribution in [1.82, 2.24) is 24.4 Å². The SMILES string of the molecule is COc1ccc(C(OC[C@]2(COP(OCCC#N)N(C(C)C)C(C)C)CN(CCO[C@@H]3O[C@H](COC(C)=O)[C@H](OC(C)=O)[C@H](OC(C)=O)[C@H]3NC(C)=O)C[C@H](n3cc(C)c(=O)[nH]c3=O)O2)(c2ccccc2)c2ccc(OC)cc2)cc1. The van der Waals surface area contributed by atoms with Gasteiger partial charge in [-0.2, -0.15) is 5.26 Å². The lowest BCUT2D eigenvalue weighted by molar-refractivity contribution is -0.279. The molecule has 6 rings (SSSR count). The molecule has 8 atom stereocenters. The number of rotatable bonds is 27. The van der Waals surface area contributed by atoms with Crippen molar-refractivity contribution < 1.29 is 70.9 Å². The number of H-pyrrole nitrogens is 1. The van der Waals surface area contributed by atoms with Crippen molar-refractivity contribution in [2.45, 2.75) is 129 Å². The number of aryl methyl sites for hydroxylation is 1. The van der Waals surface area contributed by atoms with Crippen LogP contribution in [-0.2, 0) is 67.0 Å². The largest absolute Gasteiger partial charge is 0.497 e. The molecule has 2 fully saturated rings. The number of methoxy groups -OCH3 is 2. The minimum Gasteiger partial charge on any atom is -0.497 e. The van der Waals surface area contributed by atoms with Crippen LogP contribution in [0.4, 0.5) is 0 Å². The van der Waals surface area contributed by atoms with Gasteiger partial charge < -0.3 is 57.0 Å². The second-order valence-electron chi connectivity index (χ2n) is 20.2. The van der Waals surface area contributed by atoms with Gasteiger partial charge in [0.25, 0.3) is 14.1 Å². The minimum atomic E-state index is -1.91. The summed E-state index contributed by atoms with van der Waals surface area (Å²) in [6.45, 7) is 13.4. The number of hydrogen-bond acceptors (Lipinski definition) is 20. The van der Waals surface area contributed by atoms with E-state index in [1.165, 1.54) is 24.6 Å². The standard InChI is InChI=1S/C57H75N6O17P/c1-36(2)63(37(3)4)81(75-28-15-26-58)76-35-56(34-74-57(43-16-13-12-14-17-43,44-18-22-46(70-10)23-19-44)45-20-24-47(71-11)25-21-45)33-61(31-49(80-56)62-30-38(5)53(68)60-55(62)69)27-29-72-54-50(59-39(6)64)52(78-42(9)67)51(77-41(8)66)48(79-54)32-73-40(7)65/h12-14,16-25,30,36-37,48-52,54H,15,27-29,31-35H2,1-11H3,(H,59,64)(H,60,68,69)/t48-,49-,50-,51+,52-,54-,56+,81?/m1/s1. The first-order valence-corrected chi connectivity index (χ1v) is 27.7. The molecule has 1 amide bonds. The third-order valence-electron chi connectivity index (χ3n) is 13.4. The summed E-state index contributed by atoms with van der Waals surface area (Å²) in [5, 5.41) is 12.3. The molecule has 440 valence electrons. The molecule has 81 heavy (non-hydrogen) atoms. The minimum absolute atomic E-state index is 0.0230. The van der Waals surface area contributed by atoms with Gasteiger partial charge in [0.2, 0.25) is 5.91 Å². The number of amides is 1. The second-order valence-corrected chi connectivity index (χ2v) is 21.6. The monoisotopic (exact) mass is 1150 g/mol. The van der Waals surface area contributed by atoms with Crippen molar-refractivity contribution in [3.05, 3.63) is 128 Å². The average molecular weight is 1150 g/mol. The predicted octanol–water partition coefficient (Wildman–Crippen LogP) is 5.41. The lowest BCUT2D eigenvalue weighted by Gasteiger charge is -2.49. The summed E-state index contributed by atoms with van der Waals surface area (Å²) in [5.74, 6) is -1.55. The highest BCUT2D eigenvalue weighted by Crippen LogP contribution is 2.49. The first-order valence-electron chi connectivity index (χ1n) is 26.6. The highest BCUT2D eigenvalue weighted by atomic mass is 31.2. The molecule has 4 aromatic rings. The molecule has 3 heterocycles. The number of nitriles is 1. The number of aromatic amines is 1. The number of nitrogens with zero attached hydrogens (tertiary/aromatic N) is 4. The van der Waals surface area contributed by atoms with E-state index in [9.17, 15) is 34.0 Å². The highest BCUT2D eigenvalue weighted by Gasteiger charge is 2.52. The molecule has 2 saturated heterocycles. The Morgan fingerprint density at radius 2 is 1.42 bits per heavy atom. The lowest BCUT2D eigenvalue weighted by Crippen LogP contribution is -2.66. The molecular weight excluding hydrogens is 1070 g/mol. The predicted molar refractivity (Wildman–Crippen MR) is 295 cm³/mol. The van der Waals surface area contributed by atoms with Crippen molar-refractivity contribution >= 4 is 32.3 Å². The molecule has 24 heteroatoms. The normalized spacial score (nSPS) is 21.7. The highest BCUT2D eigenvalue weighted by molar-refractivity contribution is 7.44. The van der Waals surface area contributed by atoms with E-state index in [2.05, 4.69) is 21.0 Å². The third-order valence-corrected chi connectivity index (χ3v) is 15.4. The summed E-state index contributed by atoms with van der Waals surface area (Å²) in [6, 6.07) is 25.4. The molecule has 0 radical (unpaired) electrons. The fraction of sp³-hybridized carbons (Fsp3) is 0.526. The van der Waals surface area contributed by atoms with Crippen LogP contribution < -0.4 is 26.0 Å². The molecule has 0 saturated carbocycles. The molecule has 0 aliphatic carbocycles. The Morgan fingerprint density at radius 1 is 0.827 bits per heavy atom. The fourth-order valence-corrected chi connectivity index (χ4v) is 11.6. The van der Waals surface area contributed by atoms with Crippen molar-refractivity contribution in [1.29, 1.82) is 5.26 Å². The topological polar surface area (TPSA) is 267 Å². The first kappa shape index (κ1) is 63.6. The number of morpholine rings is 1. The molecule has 0 spiro atoms. The Hall–Kier alpha value is -6.58. The summed E-state index contributed by atoms with van der Waals surface area (Å²) in [5.41, 5.74) is -1.87. The second kappa shape index (κ2) is 29.4. The molecule has 23 nitrogen and oxygen atoms in total. The Labute approximate surface area is 472 Å². The number of carbonyl (C=O) groups is 4. The fourth-order valence-electron chi connectivity index (χ4n) is 9.90. The quantitative estimate of drug-likeness (QED) is 0.0249. The van der Waals surface area contributed by atoms with Crippen LogP contribution in [0.2, 0.25) is 0 Å². The van der Waals surface area contributed by atoms with Crippen molar-refractivity contribution in [2.24, 2.45) is 0 Å². The number of ether oxygens (including phenoxy) is 9. The van der Waals surface area contributed by atoms with Crippen LogP contribution in [0.3, 0.4) is 0 Å². The molecule has 0 bridgehead atoms. The number of nitrogens with one attached hydrogen (secondary N) is 2. The number of aromatic nitrogens is 2. The summed E-state index contributed by atoms with van der Waals surface area (Å²) in [6.07, 6.45) is -4.97. The summed E-state index contributed by atoms with van der Waals surface area (Å²) in [7, 11) is 1.26. The molecule has 1 aromatic heterocycles. The van der Waals surface area contributed by atoms with Crippen molar-refractivity contribution in [2.75, 3.05) is 66.9 Å². The van der Waals surface area contributed by atoms with Gasteiger partial charge in [0.1, 0.15) is 41.5 Å². The molecule has 2 aliphatic rings. The van der Waals surface area contributed by atoms with Crippen LogP contribution >= 0.6 is 8.53 Å². The molecule has 3 aromatic carbocycles. The van der Waals surface area contributed by atoms with Crippen LogP contribution in [0.1, 0.15) is 90.3 Å². The number of esters is 3. The maximum absolute atomic E-state index is 14.0. The number of benzene rings is 3. The number of hydrogen-bond donors (Lipinski definition) is 2. The smallest absolute Gasteiger partial charge is 0.330 e. The molecular formula is C57H75N6O17P. The Balaban J connectivity index is 1.51. The Bertz CT molecular complexity index is 2830. The van der Waals surface area contributed by atoms with E-state index in [4.69, 9.17) is 51.7 Å². The van der Waals surface area contributed by atoms with Crippen LogP contribution in [-0.4, -0.2) is 158 Å². The Morgan fingerprint density at radius 3 is 1.96 bits per heavy atom. The van der Waals surface area contributed by atoms with Gasteiger partial charge >= 0.3 is 23.6 Å². The van der Waals surface area contributed by atoms with Crippen LogP contribution in [0.15, 0.2) is 94.6 Å².